The Morgan fingerprint density at radius 2 is 1.72 bits per heavy atom. The average Bonchev–Trinajstić information content (AvgIpc) is 2.64. The SMILES string of the molecule is Fc1ccc(Nc2nncc(NCCc3ccccc3)n2)c(F)c1F. The Labute approximate surface area is 141 Å². The number of hydrogen-bond acceptors (Lipinski definition) is 5. The van der Waals surface area contributed by atoms with E-state index in [9.17, 15) is 13.2 Å². The molecule has 5 nitrogen and oxygen atoms in total. The molecular formula is C17H14F3N5. The lowest BCUT2D eigenvalue weighted by Crippen LogP contribution is -2.09. The molecule has 0 saturated carbocycles. The molecule has 0 bridgehead atoms. The van der Waals surface area contributed by atoms with Gasteiger partial charge in [0, 0.05) is 6.54 Å². The van der Waals surface area contributed by atoms with Gasteiger partial charge < -0.3 is 10.6 Å². The van der Waals surface area contributed by atoms with Gasteiger partial charge in [0.2, 0.25) is 5.95 Å². The van der Waals surface area contributed by atoms with Gasteiger partial charge in [-0.3, -0.25) is 0 Å². The number of anilines is 3. The first-order valence-corrected chi connectivity index (χ1v) is 7.51. The van der Waals surface area contributed by atoms with E-state index in [0.717, 1.165) is 18.6 Å². The summed E-state index contributed by atoms with van der Waals surface area (Å²) in [6, 6.07) is 11.8. The number of nitrogens with one attached hydrogen (secondary N) is 2. The molecule has 0 spiro atoms. The molecule has 0 fully saturated rings. The van der Waals surface area contributed by atoms with Crippen LogP contribution in [0.4, 0.5) is 30.6 Å². The first-order chi connectivity index (χ1) is 12.1. The van der Waals surface area contributed by atoms with E-state index in [0.29, 0.717) is 12.4 Å². The highest BCUT2D eigenvalue weighted by Gasteiger charge is 2.14. The van der Waals surface area contributed by atoms with Crippen molar-refractivity contribution in [3.05, 3.63) is 71.7 Å². The van der Waals surface area contributed by atoms with E-state index in [4.69, 9.17) is 0 Å². The van der Waals surface area contributed by atoms with Crippen LogP contribution in [0.5, 0.6) is 0 Å². The lowest BCUT2D eigenvalue weighted by molar-refractivity contribution is 0.449. The van der Waals surface area contributed by atoms with Crippen LogP contribution < -0.4 is 10.6 Å². The van der Waals surface area contributed by atoms with Crippen LogP contribution in [0.1, 0.15) is 5.56 Å². The number of nitrogens with zero attached hydrogens (tertiary/aromatic N) is 3. The third-order valence-corrected chi connectivity index (χ3v) is 3.40. The molecule has 0 aliphatic rings. The maximum atomic E-state index is 13.7. The lowest BCUT2D eigenvalue weighted by atomic mass is 10.1. The summed E-state index contributed by atoms with van der Waals surface area (Å²) in [4.78, 5) is 4.11. The number of halogens is 3. The van der Waals surface area contributed by atoms with Crippen LogP contribution in [0.25, 0.3) is 0 Å². The molecule has 3 rings (SSSR count). The standard InChI is InChI=1S/C17H14F3N5/c18-12-6-7-13(16(20)15(12)19)23-17-24-14(10-22-25-17)21-9-8-11-4-2-1-3-5-11/h1-7,10H,8-9H2,(H2,21,23,24,25). The van der Waals surface area contributed by atoms with Crippen molar-refractivity contribution < 1.29 is 13.2 Å². The van der Waals surface area contributed by atoms with Crippen molar-refractivity contribution in [1.82, 2.24) is 15.2 Å². The second-order valence-corrected chi connectivity index (χ2v) is 5.18. The quantitative estimate of drug-likeness (QED) is 0.667. The smallest absolute Gasteiger partial charge is 0.249 e. The minimum Gasteiger partial charge on any atom is -0.368 e. The Kier molecular flexibility index (Phi) is 5.08. The fourth-order valence-corrected chi connectivity index (χ4v) is 2.16. The molecule has 128 valence electrons. The van der Waals surface area contributed by atoms with Crippen LogP contribution in [0.15, 0.2) is 48.7 Å². The van der Waals surface area contributed by atoms with Gasteiger partial charge in [0.05, 0.1) is 11.9 Å². The zero-order valence-corrected chi connectivity index (χ0v) is 13.0. The first kappa shape index (κ1) is 16.7. The maximum Gasteiger partial charge on any atom is 0.249 e. The second kappa shape index (κ2) is 7.61. The molecule has 25 heavy (non-hydrogen) atoms. The molecule has 0 radical (unpaired) electrons. The normalized spacial score (nSPS) is 10.5. The zero-order valence-electron chi connectivity index (χ0n) is 13.0. The summed E-state index contributed by atoms with van der Waals surface area (Å²) >= 11 is 0. The van der Waals surface area contributed by atoms with Gasteiger partial charge in [0.15, 0.2) is 23.3 Å². The van der Waals surface area contributed by atoms with E-state index in [2.05, 4.69) is 25.8 Å². The summed E-state index contributed by atoms with van der Waals surface area (Å²) in [5, 5.41) is 13.0. The molecule has 0 amide bonds. The van der Waals surface area contributed by atoms with Crippen LogP contribution >= 0.6 is 0 Å². The lowest BCUT2D eigenvalue weighted by Gasteiger charge is -2.09. The van der Waals surface area contributed by atoms with Crippen molar-refractivity contribution in [2.75, 3.05) is 17.2 Å². The van der Waals surface area contributed by atoms with Gasteiger partial charge in [0.25, 0.3) is 0 Å². The van der Waals surface area contributed by atoms with Crippen molar-refractivity contribution in [2.24, 2.45) is 0 Å². The number of rotatable bonds is 6. The molecule has 8 heteroatoms. The predicted octanol–water partition coefficient (Wildman–Crippen LogP) is 3.69. The van der Waals surface area contributed by atoms with Crippen LogP contribution in [0, 0.1) is 17.5 Å². The topological polar surface area (TPSA) is 62.7 Å². The summed E-state index contributed by atoms with van der Waals surface area (Å²) < 4.78 is 39.9. The largest absolute Gasteiger partial charge is 0.368 e. The Bertz CT molecular complexity index is 858. The Morgan fingerprint density at radius 1 is 0.920 bits per heavy atom. The first-order valence-electron chi connectivity index (χ1n) is 7.51. The molecule has 0 atom stereocenters. The molecule has 1 heterocycles. The third-order valence-electron chi connectivity index (χ3n) is 3.40. The highest BCUT2D eigenvalue weighted by Crippen LogP contribution is 2.22. The molecule has 0 unspecified atom stereocenters. The minimum absolute atomic E-state index is 0.0328. The summed E-state index contributed by atoms with van der Waals surface area (Å²) in [6.07, 6.45) is 2.20. The average molecular weight is 345 g/mol. The number of hydrogen-bond donors (Lipinski definition) is 2. The van der Waals surface area contributed by atoms with E-state index >= 15 is 0 Å². The van der Waals surface area contributed by atoms with E-state index in [-0.39, 0.29) is 11.6 Å². The second-order valence-electron chi connectivity index (χ2n) is 5.18. The summed E-state index contributed by atoms with van der Waals surface area (Å²) in [5.41, 5.74) is 0.890. The molecular weight excluding hydrogens is 331 g/mol. The molecule has 0 aliphatic carbocycles. The minimum atomic E-state index is -1.56. The monoisotopic (exact) mass is 345 g/mol. The molecule has 1 aromatic heterocycles. The van der Waals surface area contributed by atoms with Crippen molar-refractivity contribution in [2.45, 2.75) is 6.42 Å². The third kappa shape index (κ3) is 4.23. The fourth-order valence-electron chi connectivity index (χ4n) is 2.16. The molecule has 2 aromatic carbocycles. The van der Waals surface area contributed by atoms with Crippen molar-refractivity contribution in [3.8, 4) is 0 Å². The van der Waals surface area contributed by atoms with Gasteiger partial charge in [-0.15, -0.1) is 5.10 Å². The molecule has 3 aromatic rings. The van der Waals surface area contributed by atoms with Crippen molar-refractivity contribution in [3.63, 3.8) is 0 Å². The van der Waals surface area contributed by atoms with E-state index in [1.54, 1.807) is 0 Å². The molecule has 0 aliphatic heterocycles. The number of aromatic nitrogens is 3. The van der Waals surface area contributed by atoms with Crippen LogP contribution in [0.2, 0.25) is 0 Å². The Morgan fingerprint density at radius 3 is 2.52 bits per heavy atom. The fraction of sp³-hybridized carbons (Fsp3) is 0.118. The molecule has 2 N–H and O–H groups in total. The van der Waals surface area contributed by atoms with Crippen LogP contribution in [-0.4, -0.2) is 21.7 Å². The van der Waals surface area contributed by atoms with Gasteiger partial charge in [-0.05, 0) is 24.1 Å². The van der Waals surface area contributed by atoms with Gasteiger partial charge >= 0.3 is 0 Å². The van der Waals surface area contributed by atoms with E-state index < -0.39 is 17.5 Å². The van der Waals surface area contributed by atoms with E-state index in [1.807, 2.05) is 30.3 Å². The van der Waals surface area contributed by atoms with Crippen LogP contribution in [0.3, 0.4) is 0 Å². The summed E-state index contributed by atoms with van der Waals surface area (Å²) in [7, 11) is 0. The Balaban J connectivity index is 1.64. The Hall–Kier alpha value is -3.16. The van der Waals surface area contributed by atoms with Gasteiger partial charge in [0.1, 0.15) is 0 Å². The van der Waals surface area contributed by atoms with E-state index in [1.165, 1.54) is 11.8 Å². The zero-order chi connectivity index (χ0) is 17.6. The van der Waals surface area contributed by atoms with Crippen LogP contribution in [-0.2, 0) is 6.42 Å². The van der Waals surface area contributed by atoms with Crippen molar-refractivity contribution in [1.29, 1.82) is 0 Å². The van der Waals surface area contributed by atoms with Gasteiger partial charge in [-0.2, -0.15) is 10.1 Å². The van der Waals surface area contributed by atoms with Gasteiger partial charge in [-0.1, -0.05) is 30.3 Å². The predicted molar refractivity (Wildman–Crippen MR) is 88.1 cm³/mol. The maximum absolute atomic E-state index is 13.7. The summed E-state index contributed by atoms with van der Waals surface area (Å²) in [5.74, 6) is -3.77. The summed E-state index contributed by atoms with van der Waals surface area (Å²) in [6.45, 7) is 0.613. The van der Waals surface area contributed by atoms with Gasteiger partial charge in [-0.25, -0.2) is 13.2 Å². The molecule has 0 saturated heterocycles. The highest BCUT2D eigenvalue weighted by atomic mass is 19.2. The number of benzene rings is 2. The highest BCUT2D eigenvalue weighted by molar-refractivity contribution is 5.55. The van der Waals surface area contributed by atoms with Crippen molar-refractivity contribution >= 4 is 17.5 Å².